The highest BCUT2D eigenvalue weighted by Crippen LogP contribution is 2.30. The largest absolute Gasteiger partial charge is 0.343 e. The van der Waals surface area contributed by atoms with Crippen LogP contribution in [0.3, 0.4) is 0 Å². The van der Waals surface area contributed by atoms with Crippen LogP contribution in [0.25, 0.3) is 0 Å². The van der Waals surface area contributed by atoms with E-state index in [1.54, 1.807) is 4.90 Å². The van der Waals surface area contributed by atoms with Crippen molar-refractivity contribution in [2.45, 2.75) is 58.0 Å². The molecular formula is C14H24N2O2. The molecule has 0 aromatic rings. The molecule has 1 aliphatic heterocycles. The second-order valence-corrected chi connectivity index (χ2v) is 5.93. The lowest BCUT2D eigenvalue weighted by Gasteiger charge is -2.26. The van der Waals surface area contributed by atoms with E-state index in [4.69, 9.17) is 0 Å². The number of likely N-dealkylation sites (tertiary alicyclic amines) is 1. The second kappa shape index (κ2) is 5.29. The average molecular weight is 252 g/mol. The van der Waals surface area contributed by atoms with E-state index in [1.165, 1.54) is 12.8 Å². The lowest BCUT2D eigenvalue weighted by molar-refractivity contribution is -0.136. The molecule has 1 atom stereocenters. The molecule has 1 aliphatic carbocycles. The van der Waals surface area contributed by atoms with Crippen LogP contribution in [0.5, 0.6) is 0 Å². The van der Waals surface area contributed by atoms with Crippen LogP contribution in [-0.4, -0.2) is 47.3 Å². The van der Waals surface area contributed by atoms with Gasteiger partial charge in [-0.15, -0.1) is 0 Å². The summed E-state index contributed by atoms with van der Waals surface area (Å²) < 4.78 is 0. The van der Waals surface area contributed by atoms with Crippen molar-refractivity contribution in [1.82, 2.24) is 9.80 Å². The van der Waals surface area contributed by atoms with E-state index in [1.807, 2.05) is 25.8 Å². The molecule has 1 heterocycles. The van der Waals surface area contributed by atoms with E-state index in [2.05, 4.69) is 0 Å². The SMILES string of the molecule is CC(C)N(C)C(=O)[C@@H]1CC(=O)N(C2CCCC2)C1. The summed E-state index contributed by atoms with van der Waals surface area (Å²) in [7, 11) is 1.83. The van der Waals surface area contributed by atoms with Gasteiger partial charge in [-0.3, -0.25) is 9.59 Å². The predicted molar refractivity (Wildman–Crippen MR) is 70.0 cm³/mol. The van der Waals surface area contributed by atoms with Crippen LogP contribution in [0.1, 0.15) is 46.0 Å². The van der Waals surface area contributed by atoms with Crippen molar-refractivity contribution in [1.29, 1.82) is 0 Å². The molecule has 0 unspecified atom stereocenters. The molecule has 0 bridgehead atoms. The van der Waals surface area contributed by atoms with Gasteiger partial charge in [0.15, 0.2) is 0 Å². The smallest absolute Gasteiger partial charge is 0.227 e. The molecule has 1 saturated carbocycles. The van der Waals surface area contributed by atoms with Crippen molar-refractivity contribution in [3.8, 4) is 0 Å². The quantitative estimate of drug-likeness (QED) is 0.766. The Hall–Kier alpha value is -1.06. The van der Waals surface area contributed by atoms with Gasteiger partial charge in [0.2, 0.25) is 11.8 Å². The van der Waals surface area contributed by atoms with Crippen molar-refractivity contribution in [3.63, 3.8) is 0 Å². The molecule has 1 saturated heterocycles. The minimum Gasteiger partial charge on any atom is -0.343 e. The Morgan fingerprint density at radius 1 is 1.33 bits per heavy atom. The first-order chi connectivity index (χ1) is 8.50. The monoisotopic (exact) mass is 252 g/mol. The van der Waals surface area contributed by atoms with Crippen LogP contribution in [0.2, 0.25) is 0 Å². The summed E-state index contributed by atoms with van der Waals surface area (Å²) in [6.07, 6.45) is 5.09. The van der Waals surface area contributed by atoms with Crippen molar-refractivity contribution in [2.24, 2.45) is 5.92 Å². The van der Waals surface area contributed by atoms with Gasteiger partial charge in [0, 0.05) is 32.1 Å². The Kier molecular flexibility index (Phi) is 3.93. The van der Waals surface area contributed by atoms with Gasteiger partial charge in [0.05, 0.1) is 5.92 Å². The molecule has 0 radical (unpaired) electrons. The zero-order chi connectivity index (χ0) is 13.3. The van der Waals surface area contributed by atoms with Gasteiger partial charge in [-0.2, -0.15) is 0 Å². The van der Waals surface area contributed by atoms with Crippen molar-refractivity contribution in [3.05, 3.63) is 0 Å². The molecule has 2 rings (SSSR count). The lowest BCUT2D eigenvalue weighted by Crippen LogP contribution is -2.40. The van der Waals surface area contributed by atoms with Crippen LogP contribution in [0, 0.1) is 5.92 Å². The second-order valence-electron chi connectivity index (χ2n) is 5.93. The Balaban J connectivity index is 1.97. The molecule has 18 heavy (non-hydrogen) atoms. The van der Waals surface area contributed by atoms with Gasteiger partial charge in [0.25, 0.3) is 0 Å². The first-order valence-electron chi connectivity index (χ1n) is 7.07. The van der Waals surface area contributed by atoms with E-state index in [-0.39, 0.29) is 23.8 Å². The molecule has 4 heteroatoms. The standard InChI is InChI=1S/C14H24N2O2/c1-10(2)15(3)14(18)11-8-13(17)16(9-11)12-6-4-5-7-12/h10-12H,4-9H2,1-3H3/t11-/m1/s1. The van der Waals surface area contributed by atoms with Crippen LogP contribution in [-0.2, 0) is 9.59 Å². The topological polar surface area (TPSA) is 40.6 Å². The number of hydrogen-bond donors (Lipinski definition) is 0. The number of rotatable bonds is 3. The molecule has 0 aromatic heterocycles. The fourth-order valence-corrected chi connectivity index (χ4v) is 3.01. The molecule has 2 aliphatic rings. The molecule has 0 aromatic carbocycles. The first kappa shape index (κ1) is 13.4. The Labute approximate surface area is 109 Å². The van der Waals surface area contributed by atoms with Gasteiger partial charge < -0.3 is 9.80 Å². The third-order valence-electron chi connectivity index (χ3n) is 4.40. The number of carbonyl (C=O) groups is 2. The van der Waals surface area contributed by atoms with Gasteiger partial charge >= 0.3 is 0 Å². The minimum atomic E-state index is -0.120. The van der Waals surface area contributed by atoms with Crippen LogP contribution in [0.15, 0.2) is 0 Å². The normalized spacial score (nSPS) is 25.2. The Morgan fingerprint density at radius 2 is 1.94 bits per heavy atom. The summed E-state index contributed by atoms with van der Waals surface area (Å²) in [5.41, 5.74) is 0. The zero-order valence-corrected chi connectivity index (χ0v) is 11.7. The van der Waals surface area contributed by atoms with Crippen molar-refractivity contribution >= 4 is 11.8 Å². The molecule has 102 valence electrons. The van der Waals surface area contributed by atoms with Crippen LogP contribution < -0.4 is 0 Å². The van der Waals surface area contributed by atoms with Gasteiger partial charge in [-0.1, -0.05) is 12.8 Å². The van der Waals surface area contributed by atoms with Gasteiger partial charge in [-0.25, -0.2) is 0 Å². The summed E-state index contributed by atoms with van der Waals surface area (Å²) >= 11 is 0. The zero-order valence-electron chi connectivity index (χ0n) is 11.7. The Bertz CT molecular complexity index is 335. The summed E-state index contributed by atoms with van der Waals surface area (Å²) in [6.45, 7) is 4.65. The van der Waals surface area contributed by atoms with E-state index in [0.717, 1.165) is 12.8 Å². The molecule has 4 nitrogen and oxygen atoms in total. The van der Waals surface area contributed by atoms with E-state index in [0.29, 0.717) is 19.0 Å². The molecule has 2 amide bonds. The number of hydrogen-bond acceptors (Lipinski definition) is 2. The van der Waals surface area contributed by atoms with Crippen LogP contribution in [0.4, 0.5) is 0 Å². The number of nitrogens with zero attached hydrogens (tertiary/aromatic N) is 2. The van der Waals surface area contributed by atoms with Gasteiger partial charge in [0.1, 0.15) is 0 Å². The molecule has 0 spiro atoms. The maximum absolute atomic E-state index is 12.2. The summed E-state index contributed by atoms with van der Waals surface area (Å²) in [5, 5.41) is 0. The van der Waals surface area contributed by atoms with Gasteiger partial charge in [-0.05, 0) is 26.7 Å². The van der Waals surface area contributed by atoms with E-state index < -0.39 is 0 Å². The average Bonchev–Trinajstić information content (AvgIpc) is 2.95. The summed E-state index contributed by atoms with van der Waals surface area (Å²) in [5.74, 6) is 0.182. The fourth-order valence-electron chi connectivity index (χ4n) is 3.01. The highest BCUT2D eigenvalue weighted by Gasteiger charge is 2.39. The maximum atomic E-state index is 12.2. The minimum absolute atomic E-state index is 0.120. The maximum Gasteiger partial charge on any atom is 0.227 e. The summed E-state index contributed by atoms with van der Waals surface area (Å²) in [4.78, 5) is 28.0. The highest BCUT2D eigenvalue weighted by molar-refractivity contribution is 5.89. The highest BCUT2D eigenvalue weighted by atomic mass is 16.2. The third kappa shape index (κ3) is 2.52. The Morgan fingerprint density at radius 3 is 2.50 bits per heavy atom. The van der Waals surface area contributed by atoms with Crippen molar-refractivity contribution in [2.75, 3.05) is 13.6 Å². The van der Waals surface area contributed by atoms with Crippen LogP contribution >= 0.6 is 0 Å². The number of carbonyl (C=O) groups excluding carboxylic acids is 2. The van der Waals surface area contributed by atoms with Crippen molar-refractivity contribution < 1.29 is 9.59 Å². The first-order valence-corrected chi connectivity index (χ1v) is 7.07. The van der Waals surface area contributed by atoms with E-state index >= 15 is 0 Å². The number of amides is 2. The summed E-state index contributed by atoms with van der Waals surface area (Å²) in [6, 6.07) is 0.604. The molecular weight excluding hydrogens is 228 g/mol. The lowest BCUT2D eigenvalue weighted by atomic mass is 10.1. The third-order valence-corrected chi connectivity index (χ3v) is 4.40. The predicted octanol–water partition coefficient (Wildman–Crippen LogP) is 1.64. The molecule has 2 fully saturated rings. The molecule has 0 N–H and O–H groups in total. The van der Waals surface area contributed by atoms with E-state index in [9.17, 15) is 9.59 Å². The fraction of sp³-hybridized carbons (Fsp3) is 0.857.